The molecule has 1 aromatic carbocycles. The first-order valence-corrected chi connectivity index (χ1v) is 7.41. The van der Waals surface area contributed by atoms with Crippen LogP contribution in [0.5, 0.6) is 5.75 Å². The Labute approximate surface area is 129 Å². The predicted molar refractivity (Wildman–Crippen MR) is 83.2 cm³/mol. The number of rotatable bonds is 4. The van der Waals surface area contributed by atoms with E-state index in [1.54, 1.807) is 12.4 Å². The molecule has 0 fully saturated rings. The maximum Gasteiger partial charge on any atom is 0.122 e. The van der Waals surface area contributed by atoms with Gasteiger partial charge in [0.15, 0.2) is 0 Å². The molecule has 0 amide bonds. The number of nitrogens with zero attached hydrogens (tertiary/aromatic N) is 1. The van der Waals surface area contributed by atoms with Gasteiger partial charge in [0.2, 0.25) is 0 Å². The monoisotopic (exact) mass is 303 g/mol. The highest BCUT2D eigenvalue weighted by Crippen LogP contribution is 2.29. The van der Waals surface area contributed by atoms with Crippen molar-refractivity contribution in [3.63, 3.8) is 0 Å². The zero-order valence-electron chi connectivity index (χ0n) is 11.6. The molecule has 3 rings (SSSR count). The summed E-state index contributed by atoms with van der Waals surface area (Å²) in [4.78, 5) is 4.01. The Morgan fingerprint density at radius 3 is 3.05 bits per heavy atom. The van der Waals surface area contributed by atoms with Crippen LogP contribution in [0.4, 0.5) is 0 Å². The fraction of sp³-hybridized carbons (Fsp3) is 0.312. The number of nitrogens with two attached hydrogens (primary N) is 1. The Morgan fingerprint density at radius 1 is 1.38 bits per heavy atom. The van der Waals surface area contributed by atoms with Gasteiger partial charge in [-0.1, -0.05) is 29.8 Å². The zero-order chi connectivity index (χ0) is 14.7. The number of hydrazine groups is 1. The third kappa shape index (κ3) is 3.18. The lowest BCUT2D eigenvalue weighted by atomic mass is 9.87. The Kier molecular flexibility index (Phi) is 4.39. The number of hydrogen-bond acceptors (Lipinski definition) is 4. The van der Waals surface area contributed by atoms with Crippen molar-refractivity contribution in [1.82, 2.24) is 10.4 Å². The van der Waals surface area contributed by atoms with Gasteiger partial charge in [-0.25, -0.2) is 0 Å². The lowest BCUT2D eigenvalue weighted by Gasteiger charge is -2.31. The van der Waals surface area contributed by atoms with Gasteiger partial charge in [0.05, 0.1) is 11.6 Å². The molecule has 2 aromatic rings. The first kappa shape index (κ1) is 14.3. The fourth-order valence-electron chi connectivity index (χ4n) is 2.78. The van der Waals surface area contributed by atoms with Crippen LogP contribution in [0.3, 0.4) is 0 Å². The minimum Gasteiger partial charge on any atom is -0.493 e. The first-order chi connectivity index (χ1) is 10.3. The maximum atomic E-state index is 6.18. The molecule has 3 N–H and O–H groups in total. The van der Waals surface area contributed by atoms with E-state index in [1.807, 2.05) is 24.3 Å². The van der Waals surface area contributed by atoms with E-state index in [0.29, 0.717) is 17.5 Å². The van der Waals surface area contributed by atoms with Crippen LogP contribution in [-0.4, -0.2) is 17.6 Å². The molecule has 2 heterocycles. The van der Waals surface area contributed by atoms with Gasteiger partial charge in [0.25, 0.3) is 0 Å². The average Bonchev–Trinajstić information content (AvgIpc) is 2.54. The fourth-order valence-corrected chi connectivity index (χ4v) is 2.97. The summed E-state index contributed by atoms with van der Waals surface area (Å²) in [5.41, 5.74) is 5.20. The smallest absolute Gasteiger partial charge is 0.122 e. The summed E-state index contributed by atoms with van der Waals surface area (Å²) < 4.78 is 5.85. The van der Waals surface area contributed by atoms with Crippen LogP contribution in [0.2, 0.25) is 5.02 Å². The second-order valence-corrected chi connectivity index (χ2v) is 5.73. The molecular weight excluding hydrogens is 286 g/mol. The van der Waals surface area contributed by atoms with E-state index >= 15 is 0 Å². The summed E-state index contributed by atoms with van der Waals surface area (Å²) in [5.74, 6) is 7.05. The number of benzene rings is 1. The van der Waals surface area contributed by atoms with Gasteiger partial charge < -0.3 is 4.74 Å². The quantitative estimate of drug-likeness (QED) is 0.672. The summed E-state index contributed by atoms with van der Waals surface area (Å²) in [6.07, 6.45) is 5.13. The minimum atomic E-state index is 0.109. The molecule has 0 saturated carbocycles. The molecule has 2 unspecified atom stereocenters. The summed E-state index contributed by atoms with van der Waals surface area (Å²) in [7, 11) is 0. The first-order valence-electron chi connectivity index (χ1n) is 7.03. The molecule has 2 atom stereocenters. The maximum absolute atomic E-state index is 6.18. The lowest BCUT2D eigenvalue weighted by molar-refractivity contribution is 0.183. The van der Waals surface area contributed by atoms with Crippen molar-refractivity contribution in [2.75, 3.05) is 6.61 Å². The number of para-hydroxylation sites is 1. The number of ether oxygens (including phenoxy) is 1. The highest BCUT2D eigenvalue weighted by molar-refractivity contribution is 6.31. The van der Waals surface area contributed by atoms with Crippen LogP contribution in [0, 0.1) is 5.92 Å². The molecule has 0 spiro atoms. The van der Waals surface area contributed by atoms with Crippen LogP contribution in [0.25, 0.3) is 0 Å². The van der Waals surface area contributed by atoms with Crippen LogP contribution in [0.15, 0.2) is 42.7 Å². The highest BCUT2D eigenvalue weighted by atomic mass is 35.5. The largest absolute Gasteiger partial charge is 0.493 e. The Bertz CT molecular complexity index is 620. The normalized spacial score (nSPS) is 18.7. The van der Waals surface area contributed by atoms with Gasteiger partial charge in [0, 0.05) is 24.4 Å². The third-order valence-electron chi connectivity index (χ3n) is 3.99. The van der Waals surface area contributed by atoms with E-state index in [2.05, 4.69) is 16.5 Å². The van der Waals surface area contributed by atoms with Crippen molar-refractivity contribution in [2.24, 2.45) is 11.8 Å². The molecule has 1 aliphatic rings. The standard InChI is InChI=1S/C16H18ClN3O/c17-14-9-19-6-5-11(14)8-15(20-18)13-7-12-3-1-2-4-16(12)21-10-13/h1-6,9,13,15,20H,7-8,10,18H2. The molecule has 1 aliphatic heterocycles. The molecule has 5 heteroatoms. The third-order valence-corrected chi connectivity index (χ3v) is 4.33. The molecule has 0 radical (unpaired) electrons. The summed E-state index contributed by atoms with van der Waals surface area (Å²) in [5, 5.41) is 0.676. The molecule has 0 aliphatic carbocycles. The molecule has 110 valence electrons. The minimum absolute atomic E-state index is 0.109. The molecule has 1 aromatic heterocycles. The van der Waals surface area contributed by atoms with E-state index in [0.717, 1.165) is 24.2 Å². The van der Waals surface area contributed by atoms with Crippen LogP contribution >= 0.6 is 11.6 Å². The number of halogens is 1. The number of nitrogens with one attached hydrogen (secondary N) is 1. The molecule has 0 bridgehead atoms. The molecule has 0 saturated heterocycles. The number of hydrogen-bond donors (Lipinski definition) is 2. The van der Waals surface area contributed by atoms with Crippen molar-refractivity contribution in [2.45, 2.75) is 18.9 Å². The van der Waals surface area contributed by atoms with Gasteiger partial charge in [-0.15, -0.1) is 0 Å². The lowest BCUT2D eigenvalue weighted by Crippen LogP contribution is -2.46. The topological polar surface area (TPSA) is 60.2 Å². The Morgan fingerprint density at radius 2 is 2.24 bits per heavy atom. The second-order valence-electron chi connectivity index (χ2n) is 5.33. The van der Waals surface area contributed by atoms with E-state index in [-0.39, 0.29) is 6.04 Å². The van der Waals surface area contributed by atoms with Crippen molar-refractivity contribution in [3.8, 4) is 5.75 Å². The molecule has 21 heavy (non-hydrogen) atoms. The van der Waals surface area contributed by atoms with Crippen LogP contribution in [-0.2, 0) is 12.8 Å². The van der Waals surface area contributed by atoms with Gasteiger partial charge in [0.1, 0.15) is 5.75 Å². The number of aromatic nitrogens is 1. The average molecular weight is 304 g/mol. The van der Waals surface area contributed by atoms with E-state index in [1.165, 1.54) is 5.56 Å². The van der Waals surface area contributed by atoms with Gasteiger partial charge >= 0.3 is 0 Å². The van der Waals surface area contributed by atoms with Crippen molar-refractivity contribution in [1.29, 1.82) is 0 Å². The zero-order valence-corrected chi connectivity index (χ0v) is 12.4. The predicted octanol–water partition coefficient (Wildman–Crippen LogP) is 2.36. The van der Waals surface area contributed by atoms with Crippen molar-refractivity contribution >= 4 is 11.6 Å². The van der Waals surface area contributed by atoms with E-state index in [4.69, 9.17) is 22.2 Å². The Hall–Kier alpha value is -1.62. The second kappa shape index (κ2) is 6.43. The summed E-state index contributed by atoms with van der Waals surface area (Å²) in [6.45, 7) is 0.661. The van der Waals surface area contributed by atoms with E-state index < -0.39 is 0 Å². The SMILES string of the molecule is NNC(Cc1ccncc1Cl)C1COc2ccccc2C1. The highest BCUT2D eigenvalue weighted by Gasteiger charge is 2.27. The molecule has 4 nitrogen and oxygen atoms in total. The van der Waals surface area contributed by atoms with Gasteiger partial charge in [-0.2, -0.15) is 0 Å². The Balaban J connectivity index is 1.74. The van der Waals surface area contributed by atoms with Crippen molar-refractivity contribution < 1.29 is 4.74 Å². The van der Waals surface area contributed by atoms with Crippen LogP contribution < -0.4 is 16.0 Å². The van der Waals surface area contributed by atoms with E-state index in [9.17, 15) is 0 Å². The summed E-state index contributed by atoms with van der Waals surface area (Å²) in [6, 6.07) is 10.2. The number of pyridine rings is 1. The summed E-state index contributed by atoms with van der Waals surface area (Å²) >= 11 is 6.18. The van der Waals surface area contributed by atoms with Crippen LogP contribution in [0.1, 0.15) is 11.1 Å². The number of fused-ring (bicyclic) bond motifs is 1. The molecular formula is C16H18ClN3O. The van der Waals surface area contributed by atoms with Gasteiger partial charge in [-0.3, -0.25) is 16.3 Å². The van der Waals surface area contributed by atoms with Crippen molar-refractivity contribution in [3.05, 3.63) is 58.9 Å². The van der Waals surface area contributed by atoms with Gasteiger partial charge in [-0.05, 0) is 36.1 Å².